The number of aromatic nitrogens is 6. The van der Waals surface area contributed by atoms with E-state index in [4.69, 9.17) is 94.7 Å². The summed E-state index contributed by atoms with van der Waals surface area (Å²) in [4.78, 5) is 22.7. The molecular weight excluding hydrogens is 1930 g/mol. The lowest BCUT2D eigenvalue weighted by molar-refractivity contribution is 0.0173. The Morgan fingerprint density at radius 1 is 0.177 bits per heavy atom. The highest BCUT2D eigenvalue weighted by Gasteiger charge is 2.39. The lowest BCUT2D eigenvalue weighted by atomic mass is 9.99. The summed E-state index contributed by atoms with van der Waals surface area (Å²) in [6, 6.07) is 4.10. The van der Waals surface area contributed by atoms with Crippen LogP contribution in [0.5, 0.6) is 28.7 Å². The van der Waals surface area contributed by atoms with Gasteiger partial charge in [0.1, 0.15) is 33.0 Å². The molecule has 141 heavy (non-hydrogen) atoms. The van der Waals surface area contributed by atoms with Gasteiger partial charge in [-0.15, -0.1) is 0 Å². The molecule has 0 atom stereocenters. The second-order valence-electron chi connectivity index (χ2n) is 29.7. The summed E-state index contributed by atoms with van der Waals surface area (Å²) in [5.74, 6) is -54.9. The molecule has 26 nitrogen and oxygen atoms in total. The molecule has 7 heterocycles. The van der Waals surface area contributed by atoms with Gasteiger partial charge in [0.25, 0.3) is 0 Å². The monoisotopic (exact) mass is 2010 g/mol. The fourth-order valence-corrected chi connectivity index (χ4v) is 14.1. The van der Waals surface area contributed by atoms with Crippen LogP contribution in [0, 0.1) is 116 Å². The third-order valence-corrected chi connectivity index (χ3v) is 20.6. The van der Waals surface area contributed by atoms with Gasteiger partial charge in [0.15, 0.2) is 86.9 Å². The van der Waals surface area contributed by atoms with Gasteiger partial charge in [-0.3, -0.25) is 0 Å². The van der Waals surface area contributed by atoms with Gasteiger partial charge in [-0.25, -0.2) is 63.8 Å². The maximum atomic E-state index is 17.9. The molecule has 0 saturated heterocycles. The van der Waals surface area contributed by atoms with E-state index in [0.29, 0.717) is 24.3 Å². The zero-order valence-corrected chi connectivity index (χ0v) is 75.7. The van der Waals surface area contributed by atoms with Crippen molar-refractivity contribution >= 4 is 70.7 Å². The Labute approximate surface area is 790 Å². The maximum Gasteiger partial charge on any atom is 0.204 e. The first kappa shape index (κ1) is 108. The summed E-state index contributed by atoms with van der Waals surface area (Å²) in [7, 11) is 7.05. The first-order valence-corrected chi connectivity index (χ1v) is 43.1. The van der Waals surface area contributed by atoms with Crippen molar-refractivity contribution in [2.24, 2.45) is 0 Å². The highest BCUT2D eigenvalue weighted by atomic mass is 19.2. The van der Waals surface area contributed by atoms with Gasteiger partial charge in [0, 0.05) is 85.4 Å². The number of halogens is 20. The average Bonchev–Trinajstić information content (AvgIpc) is 1.61. The Kier molecular flexibility index (Phi) is 40.3. The molecular formula is C95H90F20N6O20. The molecule has 3 aromatic heterocycles. The van der Waals surface area contributed by atoms with Crippen LogP contribution in [-0.4, -0.2) is 264 Å². The van der Waals surface area contributed by atoms with Crippen molar-refractivity contribution in [1.82, 2.24) is 29.9 Å². The number of ether oxygens (including phenoxy) is 20. The van der Waals surface area contributed by atoms with E-state index in [2.05, 4.69) is 29.9 Å². The van der Waals surface area contributed by atoms with Crippen LogP contribution in [0.15, 0.2) is 30.3 Å². The van der Waals surface area contributed by atoms with E-state index >= 15 is 87.8 Å². The van der Waals surface area contributed by atoms with Gasteiger partial charge >= 0.3 is 0 Å². The third-order valence-electron chi connectivity index (χ3n) is 20.6. The smallest absolute Gasteiger partial charge is 0.204 e. The SMILES string of the molecule is COCCOCCOCCOc1c(F)c(F)c(-c2c3nc(c(-c4c(F)c(F)c(OCCOCCOCCOC)c(F)c4F)c4ccc([nH]4)c(-c4c(F)c(F)c(OCCOCCOCCOC)c(F)c4F)c4nc(cc5nc(c(-c6c(F)c(F)c(OCCOCCOCCOC)c(F)c6F)c6ccc([nH]6)c(-c6c(F)c(F)c(OCCOCCOCCOC)c(F)c6F)c6nc2C=C6)C=C5)C=C4)C=C3)c(F)c1F. The molecule has 4 aliphatic rings. The quantitative estimate of drug-likeness (QED) is 0.0204. The van der Waals surface area contributed by atoms with E-state index in [-0.39, 0.29) is 132 Å². The molecule has 12 bridgehead atoms. The van der Waals surface area contributed by atoms with Gasteiger partial charge in [-0.2, -0.15) is 43.9 Å². The molecule has 2 N–H and O–H groups in total. The fraction of sp³-hybridized carbons (Fsp3) is 0.368. The molecule has 0 spiro atoms. The van der Waals surface area contributed by atoms with Crippen molar-refractivity contribution in [1.29, 1.82) is 0 Å². The topological polar surface area (TPSA) is 268 Å². The first-order valence-electron chi connectivity index (χ1n) is 43.1. The van der Waals surface area contributed by atoms with Crippen molar-refractivity contribution in [2.75, 3.05) is 234 Å². The Morgan fingerprint density at radius 2 is 0.333 bits per heavy atom. The number of H-pyrrole nitrogens is 2. The van der Waals surface area contributed by atoms with Crippen LogP contribution in [0.25, 0.3) is 126 Å². The van der Waals surface area contributed by atoms with Gasteiger partial charge in [-0.05, 0) is 78.9 Å². The van der Waals surface area contributed by atoms with Crippen LogP contribution in [0.4, 0.5) is 87.8 Å². The summed E-state index contributed by atoms with van der Waals surface area (Å²) < 4.78 is 452. The number of fused-ring (bicyclic) bond motifs is 12. The van der Waals surface area contributed by atoms with E-state index in [1.165, 1.54) is 35.5 Å². The van der Waals surface area contributed by atoms with Crippen LogP contribution >= 0.6 is 0 Å². The summed E-state index contributed by atoms with van der Waals surface area (Å²) in [6.07, 6.45) is 6.57. The van der Waals surface area contributed by atoms with Crippen LogP contribution in [0.2, 0.25) is 0 Å². The number of methoxy groups -OCH3 is 5. The number of hydrogen-bond acceptors (Lipinski definition) is 24. The number of aromatic amines is 2. The zero-order chi connectivity index (χ0) is 101. The Morgan fingerprint density at radius 3 is 0.525 bits per heavy atom. The molecule has 0 fully saturated rings. The van der Waals surface area contributed by atoms with E-state index in [1.807, 2.05) is 0 Å². The Balaban J connectivity index is 1.18. The van der Waals surface area contributed by atoms with E-state index < -0.39 is 334 Å². The summed E-state index contributed by atoms with van der Waals surface area (Å²) >= 11 is 0. The maximum absolute atomic E-state index is 17.9. The number of rotatable bonds is 55. The molecule has 5 aromatic carbocycles. The largest absolute Gasteiger partial charge is 0.485 e. The number of hydrogen-bond donors (Lipinski definition) is 2. The minimum absolute atomic E-state index is 0.0123. The lowest BCUT2D eigenvalue weighted by Gasteiger charge is -2.15. The summed E-state index contributed by atoms with van der Waals surface area (Å²) in [5.41, 5.74) is -25.0. The number of nitrogens with zero attached hydrogens (tertiary/aromatic N) is 4. The molecule has 0 radical (unpaired) electrons. The average molecular weight is 2020 g/mol. The van der Waals surface area contributed by atoms with Crippen molar-refractivity contribution < 1.29 is 183 Å². The van der Waals surface area contributed by atoms with Crippen LogP contribution in [0.3, 0.4) is 0 Å². The predicted octanol–water partition coefficient (Wildman–Crippen LogP) is 18.1. The minimum atomic E-state index is -2.44. The highest BCUT2D eigenvalue weighted by molar-refractivity contribution is 6.00. The second-order valence-corrected chi connectivity index (χ2v) is 29.7. The number of nitrogens with one attached hydrogen (secondary N) is 2. The van der Waals surface area contributed by atoms with Crippen LogP contribution < -0.4 is 23.7 Å². The molecule has 0 saturated carbocycles. The lowest BCUT2D eigenvalue weighted by Crippen LogP contribution is -2.14. The molecule has 8 aromatic rings. The van der Waals surface area contributed by atoms with E-state index in [9.17, 15) is 0 Å². The molecule has 12 rings (SSSR count). The van der Waals surface area contributed by atoms with Crippen LogP contribution in [-0.2, 0) is 71.1 Å². The Bertz CT molecular complexity index is 5810. The van der Waals surface area contributed by atoms with E-state index in [1.54, 1.807) is 0 Å². The normalized spacial score (nSPS) is 12.2. The first-order chi connectivity index (χ1) is 68.2. The van der Waals surface area contributed by atoms with Gasteiger partial charge < -0.3 is 105 Å². The molecule has 0 amide bonds. The molecule has 0 aliphatic carbocycles. The molecule has 0 unspecified atom stereocenters. The fourth-order valence-electron chi connectivity index (χ4n) is 14.1. The minimum Gasteiger partial charge on any atom is -0.485 e. The summed E-state index contributed by atoms with van der Waals surface area (Å²) in [5, 5.41) is 0. The number of benzene rings is 5. The zero-order valence-electron chi connectivity index (χ0n) is 75.7. The Hall–Kier alpha value is -12.0. The van der Waals surface area contributed by atoms with Gasteiger partial charge in [-0.1, -0.05) is 0 Å². The van der Waals surface area contributed by atoms with Gasteiger partial charge in [0.05, 0.1) is 239 Å². The standard InChI is InChI=1S/C95H90F20N6O20/c1-122-18-23-127-28-33-132-38-43-137-91-81(106)71(96)66(72(97)82(91)107)61-51-8-6-49(116-51)48-50-7-9-52(117-50)62(67-73(98)83(108)92(84(109)74(67)99)138-44-39-133-34-29-128-24-19-123-2)54-11-13-56(119-54)64(69-77(102)87(112)94(88(113)78(69)103)140-46-41-135-36-31-130-26-21-125-4)58-15-17-60(121-58)65(70-79(104)89(114)95(90(115)80(70)105)141-47-42-136-37-32-131-27-22-126-5)59-16-14-57(120-59)63(55-12-10-53(61)118-55)68-75(100)85(110)93(86(111)76(68)101)139-45-40-134-35-30-129-25-20-124-3/h6-17,48,118-119H,18-47H2,1-5H3. The molecule has 46 heteroatoms. The van der Waals surface area contributed by atoms with Crippen LogP contribution in [0.1, 0.15) is 45.6 Å². The highest BCUT2D eigenvalue weighted by Crippen LogP contribution is 2.49. The van der Waals surface area contributed by atoms with Crippen molar-refractivity contribution in [3.63, 3.8) is 0 Å². The van der Waals surface area contributed by atoms with Crippen molar-refractivity contribution in [2.45, 2.75) is 0 Å². The van der Waals surface area contributed by atoms with Crippen molar-refractivity contribution in [3.8, 4) is 84.4 Å². The second kappa shape index (κ2) is 52.7. The third kappa shape index (κ3) is 25.7. The van der Waals surface area contributed by atoms with E-state index in [0.717, 1.165) is 54.6 Å². The molecule has 760 valence electrons. The molecule has 4 aliphatic heterocycles. The predicted molar refractivity (Wildman–Crippen MR) is 469 cm³/mol. The van der Waals surface area contributed by atoms with Crippen molar-refractivity contribution in [3.05, 3.63) is 192 Å². The van der Waals surface area contributed by atoms with Gasteiger partial charge in [0.2, 0.25) is 58.2 Å². The summed E-state index contributed by atoms with van der Waals surface area (Å²) in [6.45, 7) is -5.81.